The molecule has 1 amide bonds. The fourth-order valence-electron chi connectivity index (χ4n) is 3.43. The highest BCUT2D eigenvalue weighted by molar-refractivity contribution is 9.10. The summed E-state index contributed by atoms with van der Waals surface area (Å²) in [7, 11) is 1.97. The molecule has 0 spiro atoms. The van der Waals surface area contributed by atoms with Crippen LogP contribution in [0.5, 0.6) is 0 Å². The van der Waals surface area contributed by atoms with E-state index in [4.69, 9.17) is 11.6 Å². The summed E-state index contributed by atoms with van der Waals surface area (Å²) in [5.41, 5.74) is -0.433. The Hall–Kier alpha value is -2.17. The van der Waals surface area contributed by atoms with Crippen molar-refractivity contribution in [1.29, 1.82) is 0 Å². The van der Waals surface area contributed by atoms with E-state index >= 15 is 0 Å². The molecular weight excluding hydrogens is 499 g/mol. The van der Waals surface area contributed by atoms with Crippen molar-refractivity contribution in [2.24, 2.45) is 0 Å². The second-order valence-corrected chi connectivity index (χ2v) is 8.68. The number of benzene rings is 1. The van der Waals surface area contributed by atoms with E-state index in [1.807, 2.05) is 7.05 Å². The highest BCUT2D eigenvalue weighted by Gasteiger charge is 2.36. The van der Waals surface area contributed by atoms with E-state index in [1.54, 1.807) is 29.2 Å². The third-order valence-electron chi connectivity index (χ3n) is 5.20. The molecule has 3 aromatic rings. The number of carbonyl (C=O) groups excluding carboxylic acids is 1. The summed E-state index contributed by atoms with van der Waals surface area (Å²) in [5, 5.41) is 3.97. The van der Waals surface area contributed by atoms with Crippen LogP contribution in [-0.2, 0) is 17.4 Å². The first-order valence-electron chi connectivity index (χ1n) is 9.51. The van der Waals surface area contributed by atoms with Gasteiger partial charge in [0.2, 0.25) is 5.91 Å². The Labute approximate surface area is 189 Å². The summed E-state index contributed by atoms with van der Waals surface area (Å²) in [4.78, 5) is 20.8. The minimum absolute atomic E-state index is 0.0491. The lowest BCUT2D eigenvalue weighted by atomic mass is 10.1. The van der Waals surface area contributed by atoms with Crippen LogP contribution in [0.1, 0.15) is 11.4 Å². The number of amides is 1. The Balaban J connectivity index is 1.74. The van der Waals surface area contributed by atoms with E-state index in [1.165, 1.54) is 0 Å². The van der Waals surface area contributed by atoms with Gasteiger partial charge >= 0.3 is 6.18 Å². The van der Waals surface area contributed by atoms with E-state index in [2.05, 4.69) is 30.9 Å². The number of piperazine rings is 1. The van der Waals surface area contributed by atoms with Gasteiger partial charge in [0.1, 0.15) is 5.02 Å². The lowest BCUT2D eigenvalue weighted by Crippen LogP contribution is -2.47. The van der Waals surface area contributed by atoms with Crippen molar-refractivity contribution in [3.05, 3.63) is 51.2 Å². The molecule has 164 valence electrons. The summed E-state index contributed by atoms with van der Waals surface area (Å²) in [6.45, 7) is 2.59. The number of rotatable bonds is 3. The molecule has 1 aliphatic rings. The highest BCUT2D eigenvalue weighted by Crippen LogP contribution is 2.35. The Kier molecular flexibility index (Phi) is 5.97. The molecule has 0 unspecified atom stereocenters. The standard InChI is InChI=1S/C20H18BrClF3N5O/c1-28-6-8-29(9-7-28)17(31)11-15-18(22)19-26-14(12-2-4-13(21)5-3-12)10-16(20(23,24)25)30(19)27-15/h2-5,10H,6-9,11H2,1H3. The molecule has 0 aliphatic carbocycles. The van der Waals surface area contributed by atoms with Gasteiger partial charge < -0.3 is 9.80 Å². The quantitative estimate of drug-likeness (QED) is 0.525. The molecule has 1 aromatic carbocycles. The molecule has 4 rings (SSSR count). The second-order valence-electron chi connectivity index (χ2n) is 7.39. The minimum atomic E-state index is -4.68. The van der Waals surface area contributed by atoms with Gasteiger partial charge in [0.05, 0.1) is 17.8 Å². The monoisotopic (exact) mass is 515 g/mol. The van der Waals surface area contributed by atoms with Gasteiger partial charge in [0.15, 0.2) is 11.3 Å². The molecule has 0 N–H and O–H groups in total. The molecule has 0 saturated carbocycles. The van der Waals surface area contributed by atoms with Crippen LogP contribution in [-0.4, -0.2) is 63.5 Å². The van der Waals surface area contributed by atoms with E-state index in [0.29, 0.717) is 23.2 Å². The number of carbonyl (C=O) groups is 1. The molecule has 6 nitrogen and oxygen atoms in total. The third kappa shape index (κ3) is 4.56. The number of fused-ring (bicyclic) bond motifs is 1. The van der Waals surface area contributed by atoms with E-state index in [0.717, 1.165) is 23.6 Å². The van der Waals surface area contributed by atoms with Crippen LogP contribution < -0.4 is 0 Å². The minimum Gasteiger partial charge on any atom is -0.340 e. The first-order valence-corrected chi connectivity index (χ1v) is 10.7. The molecule has 3 heterocycles. The molecule has 0 radical (unpaired) electrons. The summed E-state index contributed by atoms with van der Waals surface area (Å²) in [5.74, 6) is -0.222. The Morgan fingerprint density at radius 3 is 2.42 bits per heavy atom. The van der Waals surface area contributed by atoms with Crippen LogP contribution in [0.3, 0.4) is 0 Å². The van der Waals surface area contributed by atoms with E-state index < -0.39 is 11.9 Å². The summed E-state index contributed by atoms with van der Waals surface area (Å²) in [6, 6.07) is 7.68. The van der Waals surface area contributed by atoms with Crippen molar-refractivity contribution < 1.29 is 18.0 Å². The molecule has 1 aliphatic heterocycles. The zero-order valence-electron chi connectivity index (χ0n) is 16.5. The molecule has 0 atom stereocenters. The number of aromatic nitrogens is 3. The van der Waals surface area contributed by atoms with Gasteiger partial charge in [0, 0.05) is 36.2 Å². The molecule has 1 saturated heterocycles. The van der Waals surface area contributed by atoms with Gasteiger partial charge in [-0.1, -0.05) is 39.7 Å². The molecule has 11 heteroatoms. The van der Waals surface area contributed by atoms with Crippen LogP contribution in [0, 0.1) is 0 Å². The van der Waals surface area contributed by atoms with Crippen molar-refractivity contribution in [3.8, 4) is 11.3 Å². The molecule has 0 bridgehead atoms. The fourth-order valence-corrected chi connectivity index (χ4v) is 3.92. The van der Waals surface area contributed by atoms with Crippen LogP contribution in [0.2, 0.25) is 5.02 Å². The van der Waals surface area contributed by atoms with Crippen LogP contribution in [0.25, 0.3) is 16.9 Å². The molecular formula is C20H18BrClF3N5O. The number of nitrogens with zero attached hydrogens (tertiary/aromatic N) is 5. The number of likely N-dealkylation sites (N-methyl/N-ethyl adjacent to an activating group) is 1. The van der Waals surface area contributed by atoms with Crippen molar-refractivity contribution in [2.75, 3.05) is 33.2 Å². The maximum Gasteiger partial charge on any atom is 0.433 e. The summed E-state index contributed by atoms with van der Waals surface area (Å²) < 4.78 is 42.8. The first-order chi connectivity index (χ1) is 14.6. The predicted octanol–water partition coefficient (Wildman–Crippen LogP) is 4.15. The van der Waals surface area contributed by atoms with Crippen molar-refractivity contribution in [2.45, 2.75) is 12.6 Å². The number of hydrogen-bond donors (Lipinski definition) is 0. The predicted molar refractivity (Wildman–Crippen MR) is 114 cm³/mol. The number of halogens is 5. The van der Waals surface area contributed by atoms with Gasteiger partial charge in [-0.2, -0.15) is 18.3 Å². The maximum atomic E-state index is 13.8. The first kappa shape index (κ1) is 22.0. The van der Waals surface area contributed by atoms with Gasteiger partial charge in [-0.15, -0.1) is 0 Å². The van der Waals surface area contributed by atoms with E-state index in [9.17, 15) is 18.0 Å². The zero-order chi connectivity index (χ0) is 22.3. The second kappa shape index (κ2) is 8.40. The van der Waals surface area contributed by atoms with Gasteiger partial charge in [0.25, 0.3) is 0 Å². The average Bonchev–Trinajstić information content (AvgIpc) is 3.03. The van der Waals surface area contributed by atoms with Crippen molar-refractivity contribution in [3.63, 3.8) is 0 Å². The van der Waals surface area contributed by atoms with Crippen LogP contribution in [0.15, 0.2) is 34.8 Å². The highest BCUT2D eigenvalue weighted by atomic mass is 79.9. The smallest absolute Gasteiger partial charge is 0.340 e. The zero-order valence-corrected chi connectivity index (χ0v) is 18.8. The Morgan fingerprint density at radius 1 is 1.16 bits per heavy atom. The Bertz CT molecular complexity index is 1120. The van der Waals surface area contributed by atoms with Crippen molar-refractivity contribution in [1.82, 2.24) is 24.4 Å². The molecule has 1 fully saturated rings. The Morgan fingerprint density at radius 2 is 1.81 bits per heavy atom. The summed E-state index contributed by atoms with van der Waals surface area (Å²) in [6.07, 6.45) is -4.86. The topological polar surface area (TPSA) is 53.7 Å². The lowest BCUT2D eigenvalue weighted by Gasteiger charge is -2.32. The van der Waals surface area contributed by atoms with Gasteiger partial charge in [-0.25, -0.2) is 9.50 Å². The fraction of sp³-hybridized carbons (Fsp3) is 0.350. The van der Waals surface area contributed by atoms with Crippen LogP contribution in [0.4, 0.5) is 13.2 Å². The molecule has 2 aromatic heterocycles. The lowest BCUT2D eigenvalue weighted by molar-refractivity contribution is -0.142. The van der Waals surface area contributed by atoms with Gasteiger partial charge in [-0.05, 0) is 25.2 Å². The van der Waals surface area contributed by atoms with Crippen LogP contribution >= 0.6 is 27.5 Å². The van der Waals surface area contributed by atoms with E-state index in [-0.39, 0.29) is 34.4 Å². The third-order valence-corrected chi connectivity index (χ3v) is 6.12. The maximum absolute atomic E-state index is 13.8. The number of hydrogen-bond acceptors (Lipinski definition) is 4. The molecule has 31 heavy (non-hydrogen) atoms. The van der Waals surface area contributed by atoms with Crippen molar-refractivity contribution >= 4 is 39.1 Å². The average molecular weight is 517 g/mol. The normalized spacial score (nSPS) is 15.6. The largest absolute Gasteiger partial charge is 0.433 e. The van der Waals surface area contributed by atoms with Gasteiger partial charge in [-0.3, -0.25) is 4.79 Å². The SMILES string of the molecule is CN1CCN(C(=O)Cc2nn3c(C(F)(F)F)cc(-c4ccc(Br)cc4)nc3c2Cl)CC1. The summed E-state index contributed by atoms with van der Waals surface area (Å²) >= 11 is 9.67. The number of alkyl halides is 3.